The average Bonchev–Trinajstić information content (AvgIpc) is 2.66. The maximum absolute atomic E-state index is 6.19. The predicted octanol–water partition coefficient (Wildman–Crippen LogP) is 5.10. The fourth-order valence-electron chi connectivity index (χ4n) is 2.15. The molecule has 1 aromatic rings. The Morgan fingerprint density at radius 3 is 2.62 bits per heavy atom. The number of benzene rings is 1. The quantitative estimate of drug-likeness (QED) is 0.680. The minimum Gasteiger partial charge on any atom is -0.0837 e. The zero-order chi connectivity index (χ0) is 11.5. The van der Waals surface area contributed by atoms with Gasteiger partial charge in [0, 0.05) is 5.02 Å². The van der Waals surface area contributed by atoms with Gasteiger partial charge in [0.15, 0.2) is 0 Å². The zero-order valence-electron chi connectivity index (χ0n) is 9.83. The van der Waals surface area contributed by atoms with E-state index in [-0.39, 0.29) is 0 Å². The van der Waals surface area contributed by atoms with Crippen LogP contribution in [0.15, 0.2) is 42.0 Å². The predicted molar refractivity (Wildman–Crippen MR) is 71.6 cm³/mol. The lowest BCUT2D eigenvalue weighted by Crippen LogP contribution is -1.91. The van der Waals surface area contributed by atoms with Crippen molar-refractivity contribution in [2.75, 3.05) is 0 Å². The molecule has 0 bridgehead atoms. The van der Waals surface area contributed by atoms with Crippen LogP contribution in [-0.2, 0) is 0 Å². The maximum atomic E-state index is 6.19. The molecule has 1 aromatic carbocycles. The van der Waals surface area contributed by atoms with E-state index in [1.807, 2.05) is 18.2 Å². The van der Waals surface area contributed by atoms with Crippen LogP contribution < -0.4 is 0 Å². The summed E-state index contributed by atoms with van der Waals surface area (Å²) in [5.41, 5.74) is 4.05. The first-order valence-electron chi connectivity index (χ1n) is 5.80. The van der Waals surface area contributed by atoms with E-state index in [2.05, 4.69) is 32.1 Å². The van der Waals surface area contributed by atoms with Crippen LogP contribution in [0.25, 0.3) is 5.57 Å². The Bertz CT molecular complexity index is 439. The number of rotatable bonds is 3. The summed E-state index contributed by atoms with van der Waals surface area (Å²) in [5, 5.41) is 0.855. The standard InChI is InChI=1S/C15H17Cl/c1-11(2)9-12-7-8-13(10-12)14-5-3-4-6-15(14)16/h3-8,11H,9-10H2,1-2H3. The third-order valence-corrected chi connectivity index (χ3v) is 3.16. The first-order valence-corrected chi connectivity index (χ1v) is 6.18. The Labute approximate surface area is 103 Å². The van der Waals surface area contributed by atoms with Crippen molar-refractivity contribution in [2.24, 2.45) is 5.92 Å². The molecule has 16 heavy (non-hydrogen) atoms. The summed E-state index contributed by atoms with van der Waals surface area (Å²) in [4.78, 5) is 0. The van der Waals surface area contributed by atoms with Crippen LogP contribution >= 0.6 is 11.6 Å². The first-order chi connectivity index (χ1) is 7.66. The average molecular weight is 233 g/mol. The van der Waals surface area contributed by atoms with Gasteiger partial charge in [-0.1, -0.05) is 61.4 Å². The zero-order valence-corrected chi connectivity index (χ0v) is 10.6. The topological polar surface area (TPSA) is 0 Å². The fraction of sp³-hybridized carbons (Fsp3) is 0.333. The number of hydrogen-bond acceptors (Lipinski definition) is 0. The van der Waals surface area contributed by atoms with Crippen LogP contribution in [0.3, 0.4) is 0 Å². The lowest BCUT2D eigenvalue weighted by atomic mass is 9.98. The van der Waals surface area contributed by atoms with Crippen molar-refractivity contribution in [3.63, 3.8) is 0 Å². The normalized spacial score (nSPS) is 15.2. The molecule has 1 heteroatoms. The van der Waals surface area contributed by atoms with Gasteiger partial charge in [0.2, 0.25) is 0 Å². The monoisotopic (exact) mass is 232 g/mol. The van der Waals surface area contributed by atoms with Crippen molar-refractivity contribution in [3.8, 4) is 0 Å². The molecule has 2 rings (SSSR count). The molecule has 84 valence electrons. The molecule has 1 aliphatic rings. The molecule has 0 atom stereocenters. The lowest BCUT2D eigenvalue weighted by molar-refractivity contribution is 0.638. The van der Waals surface area contributed by atoms with Crippen molar-refractivity contribution in [1.29, 1.82) is 0 Å². The van der Waals surface area contributed by atoms with Gasteiger partial charge in [-0.25, -0.2) is 0 Å². The van der Waals surface area contributed by atoms with Crippen LogP contribution in [0.1, 0.15) is 32.3 Å². The second-order valence-corrected chi connectivity index (χ2v) is 5.18. The van der Waals surface area contributed by atoms with Gasteiger partial charge in [-0.3, -0.25) is 0 Å². The van der Waals surface area contributed by atoms with Gasteiger partial charge in [-0.05, 0) is 36.0 Å². The summed E-state index contributed by atoms with van der Waals surface area (Å²) in [6, 6.07) is 8.07. The van der Waals surface area contributed by atoms with Crippen LogP contribution in [-0.4, -0.2) is 0 Å². The van der Waals surface area contributed by atoms with Crippen LogP contribution in [0.5, 0.6) is 0 Å². The highest BCUT2D eigenvalue weighted by Crippen LogP contribution is 2.34. The summed E-state index contributed by atoms with van der Waals surface area (Å²) in [5.74, 6) is 0.727. The second-order valence-electron chi connectivity index (χ2n) is 4.77. The molecule has 0 saturated heterocycles. The molecule has 0 N–H and O–H groups in total. The van der Waals surface area contributed by atoms with Gasteiger partial charge >= 0.3 is 0 Å². The Morgan fingerprint density at radius 2 is 1.94 bits per heavy atom. The van der Waals surface area contributed by atoms with Crippen LogP contribution in [0, 0.1) is 5.92 Å². The van der Waals surface area contributed by atoms with Crippen molar-refractivity contribution in [2.45, 2.75) is 26.7 Å². The fourth-order valence-corrected chi connectivity index (χ4v) is 2.41. The van der Waals surface area contributed by atoms with Crippen molar-refractivity contribution < 1.29 is 0 Å². The third-order valence-electron chi connectivity index (χ3n) is 2.83. The smallest absolute Gasteiger partial charge is 0.0481 e. The molecule has 0 aliphatic heterocycles. The first kappa shape index (κ1) is 11.5. The summed E-state index contributed by atoms with van der Waals surface area (Å²) >= 11 is 6.19. The third kappa shape index (κ3) is 2.56. The van der Waals surface area contributed by atoms with E-state index in [4.69, 9.17) is 11.6 Å². The molecular weight excluding hydrogens is 216 g/mol. The molecule has 0 unspecified atom stereocenters. The van der Waals surface area contributed by atoms with Gasteiger partial charge in [0.05, 0.1) is 0 Å². The highest BCUT2D eigenvalue weighted by atomic mass is 35.5. The Hall–Kier alpha value is -1.01. The van der Waals surface area contributed by atoms with E-state index in [0.717, 1.165) is 17.4 Å². The molecule has 0 saturated carbocycles. The van der Waals surface area contributed by atoms with Crippen LogP contribution in [0.4, 0.5) is 0 Å². The minimum absolute atomic E-state index is 0.727. The molecule has 0 fully saturated rings. The molecule has 0 aromatic heterocycles. The van der Waals surface area contributed by atoms with Crippen LogP contribution in [0.2, 0.25) is 5.02 Å². The van der Waals surface area contributed by atoms with Crippen molar-refractivity contribution in [1.82, 2.24) is 0 Å². The second kappa shape index (κ2) is 4.88. The minimum atomic E-state index is 0.727. The Morgan fingerprint density at radius 1 is 1.19 bits per heavy atom. The summed E-state index contributed by atoms with van der Waals surface area (Å²) in [6.07, 6.45) is 6.70. The van der Waals surface area contributed by atoms with E-state index in [0.29, 0.717) is 0 Å². The highest BCUT2D eigenvalue weighted by Gasteiger charge is 2.13. The summed E-state index contributed by atoms with van der Waals surface area (Å²) in [7, 11) is 0. The molecule has 0 amide bonds. The van der Waals surface area contributed by atoms with E-state index in [9.17, 15) is 0 Å². The SMILES string of the molecule is CC(C)CC1=CC=C(c2ccccc2Cl)C1. The Balaban J connectivity index is 2.09. The number of hydrogen-bond donors (Lipinski definition) is 0. The van der Waals surface area contributed by atoms with E-state index in [1.165, 1.54) is 23.1 Å². The van der Waals surface area contributed by atoms with Gasteiger partial charge in [0.25, 0.3) is 0 Å². The number of allylic oxidation sites excluding steroid dienone is 4. The van der Waals surface area contributed by atoms with Crippen molar-refractivity contribution >= 4 is 17.2 Å². The van der Waals surface area contributed by atoms with Gasteiger partial charge in [-0.15, -0.1) is 0 Å². The Kier molecular flexibility index (Phi) is 3.50. The van der Waals surface area contributed by atoms with Gasteiger partial charge < -0.3 is 0 Å². The molecule has 1 aliphatic carbocycles. The summed E-state index contributed by atoms with van der Waals surface area (Å²) in [6.45, 7) is 4.52. The largest absolute Gasteiger partial charge is 0.0837 e. The molecular formula is C15H17Cl. The van der Waals surface area contributed by atoms with Gasteiger partial charge in [0.1, 0.15) is 0 Å². The highest BCUT2D eigenvalue weighted by molar-refractivity contribution is 6.32. The molecule has 0 nitrogen and oxygen atoms in total. The van der Waals surface area contributed by atoms with E-state index in [1.54, 1.807) is 0 Å². The van der Waals surface area contributed by atoms with E-state index >= 15 is 0 Å². The van der Waals surface area contributed by atoms with E-state index < -0.39 is 0 Å². The van der Waals surface area contributed by atoms with Crippen molar-refractivity contribution in [3.05, 3.63) is 52.6 Å². The maximum Gasteiger partial charge on any atom is 0.0481 e. The lowest BCUT2D eigenvalue weighted by Gasteiger charge is -2.09. The molecule has 0 radical (unpaired) electrons. The molecule has 0 spiro atoms. The summed E-state index contributed by atoms with van der Waals surface area (Å²) < 4.78 is 0. The number of halogens is 1. The van der Waals surface area contributed by atoms with Gasteiger partial charge in [-0.2, -0.15) is 0 Å². The molecule has 0 heterocycles.